The van der Waals surface area contributed by atoms with Crippen LogP contribution in [-0.4, -0.2) is 33.6 Å². The Hall–Kier alpha value is 0.387. The minimum Gasteiger partial charge on any atom is -0.373 e. The Balaban J connectivity index is 4.72. The molecule has 0 aromatic rings. The maximum atomic E-state index is 6.50. The van der Waals surface area contributed by atoms with Crippen LogP contribution in [0, 0.1) is 0 Å². The molecule has 0 aromatic carbocycles. The summed E-state index contributed by atoms with van der Waals surface area (Å²) in [4.78, 5) is 0. The van der Waals surface area contributed by atoms with Gasteiger partial charge in [0.15, 0.2) is 0 Å². The lowest BCUT2D eigenvalue weighted by molar-refractivity contribution is 0.0562. The second-order valence-corrected chi connectivity index (χ2v) is 8.07. The fraction of sp³-hybridized carbons (Fsp3) is 1.00. The summed E-state index contributed by atoms with van der Waals surface area (Å²) in [5.41, 5.74) is 0. The monoisotopic (exact) mass is 296 g/mol. The molecule has 3 nitrogen and oxygen atoms in total. The van der Waals surface area contributed by atoms with Crippen molar-refractivity contribution in [3.63, 3.8) is 0 Å². The summed E-state index contributed by atoms with van der Waals surface area (Å²) in [5.74, 6) is 0. The Kier molecular flexibility index (Phi) is 11.5. The molecule has 0 aliphatic rings. The third-order valence-corrected chi connectivity index (χ3v) is 6.34. The van der Waals surface area contributed by atoms with Crippen LogP contribution in [-0.2, 0) is 13.3 Å². The van der Waals surface area contributed by atoms with Crippen LogP contribution in [0.25, 0.3) is 0 Å². The van der Waals surface area contributed by atoms with E-state index in [1.165, 1.54) is 0 Å². The van der Waals surface area contributed by atoms with Crippen molar-refractivity contribution < 1.29 is 13.3 Å². The highest BCUT2D eigenvalue weighted by Crippen LogP contribution is 2.24. The molecule has 0 radical (unpaired) electrons. The van der Waals surface area contributed by atoms with Crippen molar-refractivity contribution in [3.8, 4) is 0 Å². The highest BCUT2D eigenvalue weighted by molar-refractivity contribution is 6.71. The summed E-state index contributed by atoms with van der Waals surface area (Å²) in [6, 6.07) is 0. The molecule has 5 heteroatoms. The van der Waals surface area contributed by atoms with Gasteiger partial charge in [-0.15, -0.1) is 11.6 Å². The number of alkyl halides is 1. The van der Waals surface area contributed by atoms with E-state index in [2.05, 4.69) is 27.7 Å². The quantitative estimate of drug-likeness (QED) is 0.400. The smallest absolute Gasteiger partial charge is 0.373 e. The molecule has 1 unspecified atom stereocenters. The molecule has 0 saturated carbocycles. The molecule has 0 bridgehead atoms. The Labute approximate surface area is 119 Å². The van der Waals surface area contributed by atoms with Crippen LogP contribution in [0.15, 0.2) is 0 Å². The molecule has 0 saturated heterocycles. The fourth-order valence-electron chi connectivity index (χ4n) is 1.56. The van der Waals surface area contributed by atoms with Crippen LogP contribution in [0.2, 0.25) is 0 Å². The molecule has 0 rings (SSSR count). The second kappa shape index (κ2) is 11.2. The predicted octanol–water partition coefficient (Wildman–Crippen LogP) is 4.15. The summed E-state index contributed by atoms with van der Waals surface area (Å²) in [5, 5.41) is -0.132. The molecule has 0 aliphatic heterocycles. The van der Waals surface area contributed by atoms with Crippen molar-refractivity contribution in [1.29, 1.82) is 0 Å². The van der Waals surface area contributed by atoms with Crippen LogP contribution in [0.5, 0.6) is 0 Å². The van der Waals surface area contributed by atoms with Gasteiger partial charge in [0.25, 0.3) is 0 Å². The molecule has 0 aliphatic carbocycles. The van der Waals surface area contributed by atoms with E-state index in [1.807, 2.05) is 0 Å². The van der Waals surface area contributed by atoms with E-state index < -0.39 is 8.80 Å². The summed E-state index contributed by atoms with van der Waals surface area (Å²) >= 11 is 6.50. The van der Waals surface area contributed by atoms with Gasteiger partial charge in [-0.1, -0.05) is 34.1 Å². The normalized spacial score (nSPS) is 13.8. The van der Waals surface area contributed by atoms with Gasteiger partial charge >= 0.3 is 8.80 Å². The average Bonchev–Trinajstić information content (AvgIpc) is 2.38. The molecular weight excluding hydrogens is 268 g/mol. The predicted molar refractivity (Wildman–Crippen MR) is 79.0 cm³/mol. The minimum absolute atomic E-state index is 0.132. The van der Waals surface area contributed by atoms with E-state index >= 15 is 0 Å². The molecule has 1 atom stereocenters. The first kappa shape index (κ1) is 18.4. The lowest BCUT2D eigenvalue weighted by atomic mass is 10.4. The third-order valence-electron chi connectivity index (χ3n) is 2.45. The van der Waals surface area contributed by atoms with Crippen LogP contribution in [0.3, 0.4) is 0 Å². The Morgan fingerprint density at radius 3 is 1.44 bits per heavy atom. The summed E-state index contributed by atoms with van der Waals surface area (Å²) in [6.07, 6.45) is 4.76. The van der Waals surface area contributed by atoms with Gasteiger partial charge in [-0.25, -0.2) is 0 Å². The van der Waals surface area contributed by atoms with Gasteiger partial charge in [-0.3, -0.25) is 0 Å². The van der Waals surface area contributed by atoms with Gasteiger partial charge in [-0.2, -0.15) is 0 Å². The SMILES string of the molecule is CCCO[Si](OCCC)(OCCC)C(Cl)CCC. The molecule has 0 fully saturated rings. The van der Waals surface area contributed by atoms with E-state index in [1.54, 1.807) is 0 Å². The Morgan fingerprint density at radius 1 is 0.778 bits per heavy atom. The van der Waals surface area contributed by atoms with Gasteiger partial charge in [0, 0.05) is 19.8 Å². The number of hydrogen-bond acceptors (Lipinski definition) is 3. The standard InChI is InChI=1S/C13H29ClO3Si/c1-5-9-13(14)18(15-10-6-2,16-11-7-3)17-12-8-4/h13H,5-12H2,1-4H3. The molecule has 0 heterocycles. The van der Waals surface area contributed by atoms with Crippen molar-refractivity contribution in [3.05, 3.63) is 0 Å². The van der Waals surface area contributed by atoms with Crippen molar-refractivity contribution in [2.45, 2.75) is 64.8 Å². The largest absolute Gasteiger partial charge is 0.519 e. The van der Waals surface area contributed by atoms with E-state index in [9.17, 15) is 0 Å². The number of rotatable bonds is 12. The third kappa shape index (κ3) is 6.52. The Morgan fingerprint density at radius 2 is 1.17 bits per heavy atom. The highest BCUT2D eigenvalue weighted by Gasteiger charge is 2.48. The van der Waals surface area contributed by atoms with Crippen LogP contribution in [0.4, 0.5) is 0 Å². The van der Waals surface area contributed by atoms with Gasteiger partial charge in [0.05, 0.1) is 0 Å². The lowest BCUT2D eigenvalue weighted by Gasteiger charge is -2.33. The van der Waals surface area contributed by atoms with Crippen LogP contribution < -0.4 is 0 Å². The number of hydrogen-bond donors (Lipinski definition) is 0. The zero-order chi connectivity index (χ0) is 13.9. The van der Waals surface area contributed by atoms with E-state index in [4.69, 9.17) is 24.9 Å². The van der Waals surface area contributed by atoms with Crippen molar-refractivity contribution in [1.82, 2.24) is 0 Å². The topological polar surface area (TPSA) is 27.7 Å². The first-order valence-electron chi connectivity index (χ1n) is 7.22. The van der Waals surface area contributed by atoms with Crippen molar-refractivity contribution in [2.75, 3.05) is 19.8 Å². The van der Waals surface area contributed by atoms with Crippen molar-refractivity contribution >= 4 is 20.4 Å². The Bertz CT molecular complexity index is 171. The first-order valence-corrected chi connectivity index (χ1v) is 9.46. The van der Waals surface area contributed by atoms with Crippen LogP contribution in [0.1, 0.15) is 59.8 Å². The highest BCUT2D eigenvalue weighted by atomic mass is 35.5. The van der Waals surface area contributed by atoms with E-state index in [0.717, 1.165) is 32.1 Å². The molecule has 0 aromatic heterocycles. The molecule has 18 heavy (non-hydrogen) atoms. The van der Waals surface area contributed by atoms with Crippen molar-refractivity contribution in [2.24, 2.45) is 0 Å². The molecule has 0 amide bonds. The van der Waals surface area contributed by atoms with Crippen LogP contribution >= 0.6 is 11.6 Å². The minimum atomic E-state index is -2.72. The molecule has 0 spiro atoms. The molecule has 0 N–H and O–H groups in total. The summed E-state index contributed by atoms with van der Waals surface area (Å²) in [7, 11) is -2.72. The van der Waals surface area contributed by atoms with Gasteiger partial charge in [0.2, 0.25) is 0 Å². The van der Waals surface area contributed by atoms with E-state index in [0.29, 0.717) is 19.8 Å². The average molecular weight is 297 g/mol. The van der Waals surface area contributed by atoms with Gasteiger partial charge < -0.3 is 13.3 Å². The maximum absolute atomic E-state index is 6.50. The first-order chi connectivity index (χ1) is 8.66. The number of halogens is 1. The second-order valence-electron chi connectivity index (χ2n) is 4.41. The molecular formula is C13H29ClO3Si. The summed E-state index contributed by atoms with van der Waals surface area (Å²) < 4.78 is 17.9. The summed E-state index contributed by atoms with van der Waals surface area (Å²) in [6.45, 7) is 10.4. The van der Waals surface area contributed by atoms with Gasteiger partial charge in [-0.05, 0) is 25.7 Å². The molecule has 110 valence electrons. The fourth-order valence-corrected chi connectivity index (χ4v) is 5.25. The lowest BCUT2D eigenvalue weighted by Crippen LogP contribution is -2.54. The zero-order valence-electron chi connectivity index (χ0n) is 12.3. The maximum Gasteiger partial charge on any atom is 0.519 e. The van der Waals surface area contributed by atoms with E-state index in [-0.39, 0.29) is 5.00 Å². The van der Waals surface area contributed by atoms with Gasteiger partial charge in [0.1, 0.15) is 5.00 Å². The zero-order valence-corrected chi connectivity index (χ0v) is 14.1.